The first-order valence-electron chi connectivity index (χ1n) is 2.99. The number of hydrogen-bond acceptors (Lipinski definition) is 1. The lowest BCUT2D eigenvalue weighted by molar-refractivity contribution is -0.149. The van der Waals surface area contributed by atoms with Gasteiger partial charge in [0.1, 0.15) is 6.04 Å². The predicted octanol–water partition coefficient (Wildman–Crippen LogP) is 0.572. The van der Waals surface area contributed by atoms with E-state index in [0.29, 0.717) is 0 Å². The standard InChI is InChI=1S/C5H7F3N2O/c1-10-2-3(5(6,7)8)9-4(10)11/h3H,2H2,1H3,(H,9,11)/t3-/m1/s1. The van der Waals surface area contributed by atoms with Gasteiger partial charge in [0.25, 0.3) is 0 Å². The molecular weight excluding hydrogens is 161 g/mol. The molecule has 0 aromatic rings. The molecule has 0 aromatic carbocycles. The van der Waals surface area contributed by atoms with Gasteiger partial charge in [-0.15, -0.1) is 0 Å². The van der Waals surface area contributed by atoms with Crippen LogP contribution in [0, 0.1) is 0 Å². The van der Waals surface area contributed by atoms with Crippen molar-refractivity contribution in [1.29, 1.82) is 0 Å². The number of carbonyl (C=O) groups is 1. The maximum Gasteiger partial charge on any atom is 0.410 e. The highest BCUT2D eigenvalue weighted by Gasteiger charge is 2.45. The third-order valence-electron chi connectivity index (χ3n) is 1.50. The van der Waals surface area contributed by atoms with E-state index in [1.807, 2.05) is 0 Å². The van der Waals surface area contributed by atoms with E-state index in [1.165, 1.54) is 7.05 Å². The Kier molecular flexibility index (Phi) is 1.69. The van der Waals surface area contributed by atoms with Crippen molar-refractivity contribution in [2.24, 2.45) is 0 Å². The highest BCUT2D eigenvalue weighted by Crippen LogP contribution is 2.23. The van der Waals surface area contributed by atoms with Gasteiger partial charge in [0, 0.05) is 7.05 Å². The summed E-state index contributed by atoms with van der Waals surface area (Å²) in [4.78, 5) is 11.5. The number of halogens is 3. The van der Waals surface area contributed by atoms with Crippen LogP contribution in [0.1, 0.15) is 0 Å². The third kappa shape index (κ3) is 1.55. The average molecular weight is 168 g/mol. The van der Waals surface area contributed by atoms with Crippen LogP contribution < -0.4 is 5.32 Å². The summed E-state index contributed by atoms with van der Waals surface area (Å²) in [6.07, 6.45) is -4.33. The second-order valence-electron chi connectivity index (χ2n) is 2.42. The molecule has 1 aliphatic heterocycles. The maximum atomic E-state index is 11.9. The molecule has 0 aromatic heterocycles. The fourth-order valence-electron chi connectivity index (χ4n) is 0.847. The minimum atomic E-state index is -4.33. The van der Waals surface area contributed by atoms with Crippen molar-refractivity contribution in [3.63, 3.8) is 0 Å². The molecule has 0 radical (unpaired) electrons. The molecule has 64 valence electrons. The molecule has 1 N–H and O–H groups in total. The number of hydrogen-bond donors (Lipinski definition) is 1. The molecule has 11 heavy (non-hydrogen) atoms. The second kappa shape index (κ2) is 2.28. The minimum Gasteiger partial charge on any atom is -0.325 e. The summed E-state index contributed by atoms with van der Waals surface area (Å²) in [6.45, 7) is -0.303. The Bertz CT molecular complexity index is 179. The van der Waals surface area contributed by atoms with Crippen molar-refractivity contribution in [1.82, 2.24) is 10.2 Å². The van der Waals surface area contributed by atoms with E-state index in [4.69, 9.17) is 0 Å². The van der Waals surface area contributed by atoms with Crippen LogP contribution in [0.2, 0.25) is 0 Å². The second-order valence-corrected chi connectivity index (χ2v) is 2.42. The van der Waals surface area contributed by atoms with Crippen LogP contribution in [0.5, 0.6) is 0 Å². The molecule has 0 unspecified atom stereocenters. The van der Waals surface area contributed by atoms with E-state index < -0.39 is 18.2 Å². The normalized spacial score (nSPS) is 25.6. The molecular formula is C5H7F3N2O. The highest BCUT2D eigenvalue weighted by atomic mass is 19.4. The van der Waals surface area contributed by atoms with Crippen LogP contribution in [0.25, 0.3) is 0 Å². The van der Waals surface area contributed by atoms with Crippen LogP contribution in [-0.2, 0) is 0 Å². The molecule has 2 amide bonds. The monoisotopic (exact) mass is 168 g/mol. The lowest BCUT2D eigenvalue weighted by atomic mass is 10.3. The summed E-state index contributed by atoms with van der Waals surface area (Å²) >= 11 is 0. The van der Waals surface area contributed by atoms with E-state index >= 15 is 0 Å². The molecule has 1 rings (SSSR count). The Morgan fingerprint density at radius 2 is 2.18 bits per heavy atom. The van der Waals surface area contributed by atoms with Crippen molar-refractivity contribution in [3.8, 4) is 0 Å². The Morgan fingerprint density at radius 3 is 2.36 bits per heavy atom. The van der Waals surface area contributed by atoms with Gasteiger partial charge in [-0.25, -0.2) is 4.79 Å². The fraction of sp³-hybridized carbons (Fsp3) is 0.800. The molecule has 1 aliphatic rings. The molecule has 3 nitrogen and oxygen atoms in total. The van der Waals surface area contributed by atoms with E-state index in [9.17, 15) is 18.0 Å². The van der Waals surface area contributed by atoms with E-state index in [-0.39, 0.29) is 6.54 Å². The summed E-state index contributed by atoms with van der Waals surface area (Å²) in [5.41, 5.74) is 0. The SMILES string of the molecule is CN1C[C@H](C(F)(F)F)NC1=O. The summed E-state index contributed by atoms with van der Waals surface area (Å²) in [5, 5.41) is 1.81. The van der Waals surface area contributed by atoms with Crippen molar-refractivity contribution in [3.05, 3.63) is 0 Å². The largest absolute Gasteiger partial charge is 0.410 e. The van der Waals surface area contributed by atoms with Crippen LogP contribution in [0.4, 0.5) is 18.0 Å². The zero-order valence-corrected chi connectivity index (χ0v) is 5.77. The first-order valence-corrected chi connectivity index (χ1v) is 2.99. The van der Waals surface area contributed by atoms with E-state index in [0.717, 1.165) is 4.90 Å². The summed E-state index contributed by atoms with van der Waals surface area (Å²) in [5.74, 6) is 0. The topological polar surface area (TPSA) is 32.3 Å². The average Bonchev–Trinajstić information content (AvgIpc) is 2.11. The number of alkyl halides is 3. The van der Waals surface area contributed by atoms with Gasteiger partial charge in [0.15, 0.2) is 0 Å². The van der Waals surface area contributed by atoms with Crippen LogP contribution in [0.15, 0.2) is 0 Å². The molecule has 6 heteroatoms. The number of amides is 2. The van der Waals surface area contributed by atoms with Gasteiger partial charge in [0.05, 0.1) is 6.54 Å². The molecule has 0 saturated carbocycles. The number of urea groups is 1. The number of nitrogens with one attached hydrogen (secondary N) is 1. The van der Waals surface area contributed by atoms with Crippen LogP contribution in [0.3, 0.4) is 0 Å². The summed E-state index contributed by atoms with van der Waals surface area (Å²) < 4.78 is 35.6. The van der Waals surface area contributed by atoms with Gasteiger partial charge < -0.3 is 10.2 Å². The van der Waals surface area contributed by atoms with Crippen molar-refractivity contribution >= 4 is 6.03 Å². The highest BCUT2D eigenvalue weighted by molar-refractivity contribution is 5.76. The van der Waals surface area contributed by atoms with Gasteiger partial charge in [-0.05, 0) is 0 Å². The predicted molar refractivity (Wildman–Crippen MR) is 31.0 cm³/mol. The van der Waals surface area contributed by atoms with Gasteiger partial charge in [-0.1, -0.05) is 0 Å². The first-order chi connectivity index (χ1) is 4.91. The number of likely N-dealkylation sites (N-methyl/N-ethyl adjacent to an activating group) is 1. The zero-order chi connectivity index (χ0) is 8.65. The fourth-order valence-corrected chi connectivity index (χ4v) is 0.847. The lowest BCUT2D eigenvalue weighted by Crippen LogP contribution is -2.40. The Morgan fingerprint density at radius 1 is 1.64 bits per heavy atom. The van der Waals surface area contributed by atoms with Gasteiger partial charge in [-0.2, -0.15) is 13.2 Å². The Balaban J connectivity index is 2.61. The maximum absolute atomic E-state index is 11.9. The number of rotatable bonds is 0. The Labute approximate surface area is 61.2 Å². The smallest absolute Gasteiger partial charge is 0.325 e. The number of nitrogens with zero attached hydrogens (tertiary/aromatic N) is 1. The van der Waals surface area contributed by atoms with Crippen molar-refractivity contribution in [2.45, 2.75) is 12.2 Å². The van der Waals surface area contributed by atoms with E-state index in [1.54, 1.807) is 5.32 Å². The molecule has 1 heterocycles. The zero-order valence-electron chi connectivity index (χ0n) is 5.77. The lowest BCUT2D eigenvalue weighted by Gasteiger charge is -2.12. The molecule has 0 spiro atoms. The van der Waals surface area contributed by atoms with Gasteiger partial charge in [-0.3, -0.25) is 0 Å². The van der Waals surface area contributed by atoms with Gasteiger partial charge in [0.2, 0.25) is 0 Å². The molecule has 1 saturated heterocycles. The Hall–Kier alpha value is -0.940. The summed E-state index contributed by atoms with van der Waals surface area (Å²) in [6, 6.07) is -2.38. The molecule has 1 fully saturated rings. The summed E-state index contributed by atoms with van der Waals surface area (Å²) in [7, 11) is 1.32. The third-order valence-corrected chi connectivity index (χ3v) is 1.50. The van der Waals surface area contributed by atoms with Crippen LogP contribution in [-0.4, -0.2) is 36.7 Å². The van der Waals surface area contributed by atoms with Crippen molar-refractivity contribution in [2.75, 3.05) is 13.6 Å². The van der Waals surface area contributed by atoms with E-state index in [2.05, 4.69) is 0 Å². The molecule has 0 bridgehead atoms. The van der Waals surface area contributed by atoms with Gasteiger partial charge >= 0.3 is 12.2 Å². The molecule has 1 atom stereocenters. The quantitative estimate of drug-likeness (QED) is 0.563. The van der Waals surface area contributed by atoms with Crippen molar-refractivity contribution < 1.29 is 18.0 Å². The molecule has 0 aliphatic carbocycles. The number of carbonyl (C=O) groups excluding carboxylic acids is 1. The minimum absolute atomic E-state index is 0.303. The van der Waals surface area contributed by atoms with Crippen LogP contribution >= 0.6 is 0 Å². The first kappa shape index (κ1) is 8.16.